The van der Waals surface area contributed by atoms with Crippen LogP contribution < -0.4 is 5.32 Å². The molecule has 6 rings (SSSR count). The Bertz CT molecular complexity index is 1590. The number of ketones is 1. The molecular weight excluding hydrogens is 579 g/mol. The van der Waals surface area contributed by atoms with E-state index in [9.17, 15) is 9.59 Å². The van der Waals surface area contributed by atoms with Crippen molar-refractivity contribution in [3.8, 4) is 0 Å². The average Bonchev–Trinajstić information content (AvgIpc) is 3.73. The molecule has 4 aromatic heterocycles. The van der Waals surface area contributed by atoms with Crippen molar-refractivity contribution in [1.29, 1.82) is 0 Å². The molecule has 6 aromatic rings. The van der Waals surface area contributed by atoms with Crippen molar-refractivity contribution in [2.75, 3.05) is 5.32 Å². The van der Waals surface area contributed by atoms with E-state index in [2.05, 4.69) is 62.1 Å². The largest absolute Gasteiger partial charge is 0.300 e. The van der Waals surface area contributed by atoms with E-state index < -0.39 is 0 Å². The lowest BCUT2D eigenvalue weighted by Crippen LogP contribution is -2.13. The van der Waals surface area contributed by atoms with Gasteiger partial charge in [-0.15, -0.1) is 54.4 Å². The van der Waals surface area contributed by atoms with Crippen molar-refractivity contribution < 1.29 is 9.59 Å². The third kappa shape index (κ3) is 6.84. The van der Waals surface area contributed by atoms with Crippen LogP contribution in [0.15, 0.2) is 60.7 Å². The molecule has 0 unspecified atom stereocenters. The molecule has 11 heteroatoms. The zero-order valence-electron chi connectivity index (χ0n) is 21.5. The molecule has 0 saturated carbocycles. The second-order valence-electron chi connectivity index (χ2n) is 9.42. The zero-order chi connectivity index (χ0) is 27.3. The molecule has 2 aromatic carbocycles. The van der Waals surface area contributed by atoms with Crippen molar-refractivity contribution >= 4 is 82.3 Å². The highest BCUT2D eigenvalue weighted by Gasteiger charge is 2.13. The number of hydrogen-bond acceptors (Lipinski definition) is 10. The quantitative estimate of drug-likeness (QED) is 0.153. The highest BCUT2D eigenvalue weighted by atomic mass is 32.1. The van der Waals surface area contributed by atoms with Gasteiger partial charge in [0.2, 0.25) is 11.0 Å². The van der Waals surface area contributed by atoms with Crippen molar-refractivity contribution in [1.82, 2.24) is 20.4 Å². The maximum Gasteiger partial charge on any atom is 0.231 e. The summed E-state index contributed by atoms with van der Waals surface area (Å²) in [6.45, 7) is 0. The van der Waals surface area contributed by atoms with Crippen LogP contribution in [-0.4, -0.2) is 32.1 Å². The molecule has 40 heavy (non-hydrogen) atoms. The number of amides is 1. The summed E-state index contributed by atoms with van der Waals surface area (Å²) in [6, 6.07) is 20.5. The van der Waals surface area contributed by atoms with Crippen LogP contribution in [0, 0.1) is 0 Å². The number of Topliss-reactive ketones (excluding diaryl/α,β-unsaturated/α-hetero) is 1. The number of hydrogen-bond donors (Lipinski definition) is 1. The first kappa shape index (κ1) is 26.8. The maximum atomic E-state index is 12.6. The topological polar surface area (TPSA) is 97.7 Å². The van der Waals surface area contributed by atoms with E-state index in [0.717, 1.165) is 55.8 Å². The lowest BCUT2D eigenvalue weighted by Gasteiger charge is -1.98. The predicted octanol–water partition coefficient (Wildman–Crippen LogP) is 6.92. The molecule has 7 nitrogen and oxygen atoms in total. The highest BCUT2D eigenvalue weighted by Crippen LogP contribution is 2.27. The summed E-state index contributed by atoms with van der Waals surface area (Å²) in [6.07, 6.45) is 4.58. The summed E-state index contributed by atoms with van der Waals surface area (Å²) < 4.78 is 2.39. The van der Waals surface area contributed by atoms with Crippen molar-refractivity contribution in [2.45, 2.75) is 44.9 Å². The van der Waals surface area contributed by atoms with Gasteiger partial charge in [0.25, 0.3) is 0 Å². The normalized spacial score (nSPS) is 11.4. The Hall–Kier alpha value is -3.38. The number of carbonyl (C=O) groups is 2. The number of anilines is 1. The second kappa shape index (κ2) is 12.4. The van der Waals surface area contributed by atoms with Crippen LogP contribution in [0.1, 0.15) is 37.6 Å². The number of rotatable bonds is 12. The Morgan fingerprint density at radius 3 is 1.88 bits per heavy atom. The standard InChI is InChI=1S/C29H25N5O2S4/c35-20(15-21-13-18-7-1-3-9-23(18)37-21)16-28-33-31-26(39-28)11-5-6-12-27-32-34-29(40-27)30-25(36)17-22-14-19-8-2-4-10-24(19)38-22/h1-4,7-10,13-14H,5-6,11-12,15-17H2,(H,30,34,36). The van der Waals surface area contributed by atoms with Crippen LogP contribution in [0.25, 0.3) is 20.2 Å². The number of benzene rings is 2. The Balaban J connectivity index is 0.912. The van der Waals surface area contributed by atoms with Crippen LogP contribution in [0.5, 0.6) is 0 Å². The molecule has 0 saturated heterocycles. The molecule has 0 radical (unpaired) electrons. The first-order valence-electron chi connectivity index (χ1n) is 13.0. The minimum Gasteiger partial charge on any atom is -0.300 e. The van der Waals surface area contributed by atoms with E-state index in [1.165, 1.54) is 37.5 Å². The summed E-state index contributed by atoms with van der Waals surface area (Å²) in [5.41, 5.74) is 0. The summed E-state index contributed by atoms with van der Waals surface area (Å²) in [4.78, 5) is 27.2. The molecule has 1 amide bonds. The smallest absolute Gasteiger partial charge is 0.231 e. The highest BCUT2D eigenvalue weighted by molar-refractivity contribution is 7.19. The molecular formula is C29H25N5O2S4. The maximum absolute atomic E-state index is 12.6. The number of nitrogens with one attached hydrogen (secondary N) is 1. The van der Waals surface area contributed by atoms with Gasteiger partial charge >= 0.3 is 0 Å². The predicted molar refractivity (Wildman–Crippen MR) is 165 cm³/mol. The molecule has 0 fully saturated rings. The van der Waals surface area contributed by atoms with Gasteiger partial charge in [-0.3, -0.25) is 9.59 Å². The fourth-order valence-corrected chi connectivity index (χ4v) is 8.28. The van der Waals surface area contributed by atoms with Gasteiger partial charge in [0, 0.05) is 38.4 Å². The lowest BCUT2D eigenvalue weighted by atomic mass is 10.2. The number of fused-ring (bicyclic) bond motifs is 2. The molecule has 0 bridgehead atoms. The molecule has 4 heterocycles. The number of aryl methyl sites for hydroxylation is 2. The van der Waals surface area contributed by atoms with Gasteiger partial charge in [0.1, 0.15) is 20.8 Å². The van der Waals surface area contributed by atoms with Crippen LogP contribution in [0.2, 0.25) is 0 Å². The summed E-state index contributed by atoms with van der Waals surface area (Å²) >= 11 is 6.26. The fraction of sp³-hybridized carbons (Fsp3) is 0.241. The van der Waals surface area contributed by atoms with E-state index in [1.54, 1.807) is 22.7 Å². The van der Waals surface area contributed by atoms with Crippen molar-refractivity contribution in [2.24, 2.45) is 0 Å². The number of thiophene rings is 2. The first-order chi connectivity index (χ1) is 19.6. The first-order valence-corrected chi connectivity index (χ1v) is 16.2. The molecule has 0 aliphatic heterocycles. The number of unbranched alkanes of at least 4 members (excludes halogenated alkanes) is 1. The van der Waals surface area contributed by atoms with Gasteiger partial charge in [-0.05, 0) is 47.9 Å². The molecule has 0 spiro atoms. The SMILES string of the molecule is O=C(Cc1cc2ccccc2s1)Cc1nnc(CCCCc2nnc(NC(=O)Cc3cc4ccccc4s3)s2)s1. The van der Waals surface area contributed by atoms with Crippen LogP contribution >= 0.6 is 45.3 Å². The monoisotopic (exact) mass is 603 g/mol. The van der Waals surface area contributed by atoms with E-state index in [4.69, 9.17) is 0 Å². The van der Waals surface area contributed by atoms with Crippen molar-refractivity contribution in [3.63, 3.8) is 0 Å². The molecule has 202 valence electrons. The van der Waals surface area contributed by atoms with Crippen LogP contribution in [0.3, 0.4) is 0 Å². The summed E-state index contributed by atoms with van der Waals surface area (Å²) in [7, 11) is 0. The third-order valence-corrected chi connectivity index (χ3v) is 10.4. The minimum atomic E-state index is -0.0800. The third-order valence-electron chi connectivity index (χ3n) is 6.26. The van der Waals surface area contributed by atoms with E-state index in [0.29, 0.717) is 24.4 Å². The van der Waals surface area contributed by atoms with Crippen LogP contribution in [0.4, 0.5) is 5.13 Å². The van der Waals surface area contributed by atoms with Gasteiger partial charge in [-0.2, -0.15) is 0 Å². The Morgan fingerprint density at radius 1 is 0.625 bits per heavy atom. The Labute approximate surface area is 247 Å². The second-order valence-corrected chi connectivity index (χ2v) is 14.0. The molecule has 0 aliphatic rings. The fourth-order valence-electron chi connectivity index (χ4n) is 4.41. The van der Waals surface area contributed by atoms with Gasteiger partial charge < -0.3 is 5.32 Å². The van der Waals surface area contributed by atoms with E-state index in [1.807, 2.05) is 24.3 Å². The number of aromatic nitrogens is 4. The molecule has 1 N–H and O–H groups in total. The minimum absolute atomic E-state index is 0.0800. The van der Waals surface area contributed by atoms with Gasteiger partial charge in [-0.25, -0.2) is 0 Å². The van der Waals surface area contributed by atoms with Crippen LogP contribution in [-0.2, 0) is 41.7 Å². The van der Waals surface area contributed by atoms with E-state index >= 15 is 0 Å². The van der Waals surface area contributed by atoms with Gasteiger partial charge in [0.05, 0.1) is 12.8 Å². The molecule has 0 aliphatic carbocycles. The summed E-state index contributed by atoms with van der Waals surface area (Å²) in [5.74, 6) is 0.0841. The summed E-state index contributed by atoms with van der Waals surface area (Å²) in [5, 5.41) is 25.3. The average molecular weight is 604 g/mol. The van der Waals surface area contributed by atoms with Crippen molar-refractivity contribution in [3.05, 3.63) is 85.4 Å². The van der Waals surface area contributed by atoms with E-state index in [-0.39, 0.29) is 11.7 Å². The molecule has 0 atom stereocenters. The Morgan fingerprint density at radius 2 is 1.20 bits per heavy atom. The Kier molecular flexibility index (Phi) is 8.33. The zero-order valence-corrected chi connectivity index (χ0v) is 24.7. The van der Waals surface area contributed by atoms with Gasteiger partial charge in [-0.1, -0.05) is 47.7 Å². The number of carbonyl (C=O) groups excluding carboxylic acids is 2. The lowest BCUT2D eigenvalue weighted by molar-refractivity contribution is -0.118. The van der Waals surface area contributed by atoms with Gasteiger partial charge in [0.15, 0.2) is 0 Å². The number of nitrogens with zero attached hydrogens (tertiary/aromatic N) is 4.